The molecule has 1 amide bonds. The maximum Gasteiger partial charge on any atom is 0.235 e. The average Bonchev–Trinajstić information content (AvgIpc) is 2.30. The number of amides is 1. The highest BCUT2D eigenvalue weighted by Gasteiger charge is 2.21. The molecule has 0 fully saturated rings. The average molecular weight is 272 g/mol. The first-order chi connectivity index (χ1) is 7.93. The van der Waals surface area contributed by atoms with Gasteiger partial charge in [-0.1, -0.05) is 43.6 Å². The molecule has 4 heteroatoms. The topological polar surface area (TPSA) is 20.3 Å². The van der Waals surface area contributed by atoms with Gasteiger partial charge in [-0.05, 0) is 17.5 Å². The van der Waals surface area contributed by atoms with Crippen LogP contribution >= 0.6 is 24.2 Å². The zero-order valence-corrected chi connectivity index (χ0v) is 12.0. The van der Waals surface area contributed by atoms with Gasteiger partial charge >= 0.3 is 0 Å². The molecule has 0 saturated carbocycles. The summed E-state index contributed by atoms with van der Waals surface area (Å²) in [5, 5.41) is 0.426. The van der Waals surface area contributed by atoms with E-state index in [1.165, 1.54) is 0 Å². The number of hydrogen-bond acceptors (Lipinski definition) is 2. The van der Waals surface area contributed by atoms with Gasteiger partial charge in [0, 0.05) is 18.6 Å². The van der Waals surface area contributed by atoms with Crippen LogP contribution in [0, 0.1) is 5.92 Å². The zero-order valence-electron chi connectivity index (χ0n) is 10.4. The first kappa shape index (κ1) is 14.4. The number of benzene rings is 1. The van der Waals surface area contributed by atoms with Gasteiger partial charge in [0.2, 0.25) is 5.91 Å². The van der Waals surface area contributed by atoms with Gasteiger partial charge in [-0.2, -0.15) is 12.6 Å². The number of carbonyl (C=O) groups is 1. The van der Waals surface area contributed by atoms with E-state index in [0.717, 1.165) is 5.56 Å². The molecule has 0 aliphatic rings. The number of halogens is 1. The molecule has 1 aromatic rings. The van der Waals surface area contributed by atoms with E-state index in [2.05, 4.69) is 12.6 Å². The molecule has 17 heavy (non-hydrogen) atoms. The minimum absolute atomic E-state index is 0.0308. The smallest absolute Gasteiger partial charge is 0.235 e. The molecule has 0 spiro atoms. The predicted octanol–water partition coefficient (Wildman–Crippen LogP) is 3.25. The van der Waals surface area contributed by atoms with Crippen LogP contribution in [0.4, 0.5) is 0 Å². The lowest BCUT2D eigenvalue weighted by Gasteiger charge is -2.23. The summed E-state index contributed by atoms with van der Waals surface area (Å²) in [5.41, 5.74) is 0.953. The Morgan fingerprint density at radius 3 is 2.53 bits per heavy atom. The summed E-state index contributed by atoms with van der Waals surface area (Å²) < 4.78 is 0. The van der Waals surface area contributed by atoms with Gasteiger partial charge < -0.3 is 4.90 Å². The van der Waals surface area contributed by atoms with Crippen LogP contribution < -0.4 is 0 Å². The van der Waals surface area contributed by atoms with Crippen molar-refractivity contribution >= 4 is 30.1 Å². The third-order valence-corrected chi connectivity index (χ3v) is 3.81. The Morgan fingerprint density at radius 1 is 1.41 bits per heavy atom. The van der Waals surface area contributed by atoms with Crippen LogP contribution in [0.25, 0.3) is 0 Å². The number of nitrogens with zero attached hydrogens (tertiary/aromatic N) is 1. The molecular weight excluding hydrogens is 254 g/mol. The predicted molar refractivity (Wildman–Crippen MR) is 75.5 cm³/mol. The highest BCUT2D eigenvalue weighted by Crippen LogP contribution is 2.18. The van der Waals surface area contributed by atoms with E-state index in [1.807, 2.05) is 38.1 Å². The van der Waals surface area contributed by atoms with Crippen LogP contribution in [0.1, 0.15) is 19.4 Å². The third-order valence-electron chi connectivity index (χ3n) is 2.63. The minimum atomic E-state index is -0.262. The molecule has 1 aromatic carbocycles. The molecule has 0 aromatic heterocycles. The Kier molecular flexibility index (Phi) is 5.34. The molecule has 0 heterocycles. The SMILES string of the molecule is CC(C)C(S)C(=O)N(C)Cc1ccccc1Cl. The van der Waals surface area contributed by atoms with Gasteiger partial charge in [0.05, 0.1) is 5.25 Å². The molecule has 0 N–H and O–H groups in total. The van der Waals surface area contributed by atoms with E-state index in [1.54, 1.807) is 11.9 Å². The maximum atomic E-state index is 12.0. The fourth-order valence-electron chi connectivity index (χ4n) is 1.47. The summed E-state index contributed by atoms with van der Waals surface area (Å²) in [7, 11) is 1.78. The summed E-state index contributed by atoms with van der Waals surface area (Å²) in [6.45, 7) is 4.49. The van der Waals surface area contributed by atoms with Crippen LogP contribution in [0.15, 0.2) is 24.3 Å². The summed E-state index contributed by atoms with van der Waals surface area (Å²) in [6, 6.07) is 7.55. The van der Waals surface area contributed by atoms with E-state index in [-0.39, 0.29) is 17.1 Å². The second-order valence-electron chi connectivity index (χ2n) is 4.47. The minimum Gasteiger partial charge on any atom is -0.340 e. The van der Waals surface area contributed by atoms with E-state index in [9.17, 15) is 4.79 Å². The third kappa shape index (κ3) is 3.93. The summed E-state index contributed by atoms with van der Waals surface area (Å²) in [4.78, 5) is 13.7. The molecule has 0 radical (unpaired) electrons. The van der Waals surface area contributed by atoms with Crippen LogP contribution in [0.5, 0.6) is 0 Å². The summed E-state index contributed by atoms with van der Waals surface area (Å²) in [5.74, 6) is 0.253. The van der Waals surface area contributed by atoms with Gasteiger partial charge in [-0.25, -0.2) is 0 Å². The molecule has 2 nitrogen and oxygen atoms in total. The lowest BCUT2D eigenvalue weighted by molar-refractivity contribution is -0.130. The van der Waals surface area contributed by atoms with Crippen molar-refractivity contribution in [2.45, 2.75) is 25.6 Å². The van der Waals surface area contributed by atoms with E-state index < -0.39 is 0 Å². The van der Waals surface area contributed by atoms with E-state index in [4.69, 9.17) is 11.6 Å². The summed E-state index contributed by atoms with van der Waals surface area (Å²) in [6.07, 6.45) is 0. The Bertz CT molecular complexity index is 395. The largest absolute Gasteiger partial charge is 0.340 e. The molecule has 0 aliphatic carbocycles. The number of hydrogen-bond donors (Lipinski definition) is 1. The molecule has 94 valence electrons. The van der Waals surface area contributed by atoms with Crippen molar-refractivity contribution in [3.05, 3.63) is 34.9 Å². The van der Waals surface area contributed by atoms with E-state index >= 15 is 0 Å². The molecule has 0 aliphatic heterocycles. The quantitative estimate of drug-likeness (QED) is 0.834. The van der Waals surface area contributed by atoms with Crippen LogP contribution in [-0.4, -0.2) is 23.1 Å². The van der Waals surface area contributed by atoms with Crippen LogP contribution in [0.2, 0.25) is 5.02 Å². The van der Waals surface area contributed by atoms with Gasteiger partial charge in [0.15, 0.2) is 0 Å². The number of thiol groups is 1. The van der Waals surface area contributed by atoms with E-state index in [0.29, 0.717) is 11.6 Å². The zero-order chi connectivity index (χ0) is 13.0. The van der Waals surface area contributed by atoms with Crippen molar-refractivity contribution in [2.75, 3.05) is 7.05 Å². The molecule has 0 bridgehead atoms. The van der Waals surface area contributed by atoms with Crippen LogP contribution in [-0.2, 0) is 11.3 Å². The Labute approximate surface area is 113 Å². The summed E-state index contributed by atoms with van der Waals surface area (Å²) >= 11 is 10.4. The van der Waals surface area contributed by atoms with Crippen LogP contribution in [0.3, 0.4) is 0 Å². The monoisotopic (exact) mass is 271 g/mol. The molecule has 1 unspecified atom stereocenters. The highest BCUT2D eigenvalue weighted by atomic mass is 35.5. The Balaban J connectivity index is 2.70. The Morgan fingerprint density at radius 2 is 2.00 bits per heavy atom. The normalized spacial score (nSPS) is 12.6. The number of carbonyl (C=O) groups excluding carboxylic acids is 1. The standard InChI is InChI=1S/C13H18ClNOS/c1-9(2)12(17)13(16)15(3)8-10-6-4-5-7-11(10)14/h4-7,9,12,17H,8H2,1-3H3. The van der Waals surface area contributed by atoms with Crippen molar-refractivity contribution < 1.29 is 4.79 Å². The molecule has 1 atom stereocenters. The number of rotatable bonds is 4. The van der Waals surface area contributed by atoms with Gasteiger partial charge in [0.1, 0.15) is 0 Å². The van der Waals surface area contributed by atoms with Crippen molar-refractivity contribution in [1.82, 2.24) is 4.90 Å². The lowest BCUT2D eigenvalue weighted by Crippen LogP contribution is -2.35. The van der Waals surface area contributed by atoms with Crippen molar-refractivity contribution in [3.63, 3.8) is 0 Å². The Hall–Kier alpha value is -0.670. The molecule has 0 saturated heterocycles. The van der Waals surface area contributed by atoms with Gasteiger partial charge in [-0.15, -0.1) is 0 Å². The molecular formula is C13H18ClNOS. The van der Waals surface area contributed by atoms with Gasteiger partial charge in [-0.3, -0.25) is 4.79 Å². The second-order valence-corrected chi connectivity index (χ2v) is 5.44. The molecule has 1 rings (SSSR count). The fourth-order valence-corrected chi connectivity index (χ4v) is 1.86. The lowest BCUT2D eigenvalue weighted by atomic mass is 10.1. The fraction of sp³-hybridized carbons (Fsp3) is 0.462. The maximum absolute atomic E-state index is 12.0. The highest BCUT2D eigenvalue weighted by molar-refractivity contribution is 7.81. The van der Waals surface area contributed by atoms with Crippen molar-refractivity contribution in [1.29, 1.82) is 0 Å². The second kappa shape index (κ2) is 6.31. The first-order valence-electron chi connectivity index (χ1n) is 5.60. The van der Waals surface area contributed by atoms with Crippen molar-refractivity contribution in [2.24, 2.45) is 5.92 Å². The van der Waals surface area contributed by atoms with Gasteiger partial charge in [0.25, 0.3) is 0 Å². The first-order valence-corrected chi connectivity index (χ1v) is 6.49. The van der Waals surface area contributed by atoms with Crippen molar-refractivity contribution in [3.8, 4) is 0 Å².